The number of carbonyl (C=O) groups excluding carboxylic acids is 1. The number of aromatic nitrogens is 4. The molecule has 11 heteroatoms. The van der Waals surface area contributed by atoms with Gasteiger partial charge in [-0.3, -0.25) is 9.89 Å². The minimum absolute atomic E-state index is 0.00967. The van der Waals surface area contributed by atoms with E-state index < -0.39 is 23.2 Å². The SMILES string of the molecule is CN(C)CCOC(=O)c1c(-c2ccc[nH]c2=O)c2c3c(c(F)cc2n1Cc1cc2cn[nH]c2cc1F)CCO3. The summed E-state index contributed by atoms with van der Waals surface area (Å²) in [5, 5.41) is 7.77. The average molecular weight is 534 g/mol. The van der Waals surface area contributed by atoms with Crippen molar-refractivity contribution in [1.82, 2.24) is 24.6 Å². The summed E-state index contributed by atoms with van der Waals surface area (Å²) in [6.07, 6.45) is 3.40. The molecule has 6 rings (SSSR count). The van der Waals surface area contributed by atoms with E-state index in [9.17, 15) is 9.59 Å². The van der Waals surface area contributed by atoms with Crippen LogP contribution in [0.1, 0.15) is 21.6 Å². The molecule has 3 aromatic heterocycles. The summed E-state index contributed by atoms with van der Waals surface area (Å²) in [4.78, 5) is 31.3. The highest BCUT2D eigenvalue weighted by atomic mass is 19.1. The Morgan fingerprint density at radius 2 is 2.08 bits per heavy atom. The van der Waals surface area contributed by atoms with Crippen LogP contribution in [0.2, 0.25) is 0 Å². The van der Waals surface area contributed by atoms with Gasteiger partial charge in [0.2, 0.25) is 0 Å². The highest BCUT2D eigenvalue weighted by Crippen LogP contribution is 2.45. The number of rotatable bonds is 7. The molecule has 2 aromatic carbocycles. The molecule has 0 bridgehead atoms. The molecule has 0 atom stereocenters. The van der Waals surface area contributed by atoms with Gasteiger partial charge >= 0.3 is 5.97 Å². The first-order valence-electron chi connectivity index (χ1n) is 12.4. The van der Waals surface area contributed by atoms with Gasteiger partial charge in [-0.25, -0.2) is 13.6 Å². The Morgan fingerprint density at radius 3 is 2.87 bits per heavy atom. The molecule has 0 saturated heterocycles. The monoisotopic (exact) mass is 533 g/mol. The van der Waals surface area contributed by atoms with E-state index in [-0.39, 0.29) is 53.4 Å². The Kier molecular flexibility index (Phi) is 6.15. The lowest BCUT2D eigenvalue weighted by molar-refractivity contribution is 0.0471. The van der Waals surface area contributed by atoms with Gasteiger partial charge in [0, 0.05) is 41.2 Å². The van der Waals surface area contributed by atoms with Gasteiger partial charge in [0.25, 0.3) is 5.56 Å². The zero-order valence-electron chi connectivity index (χ0n) is 21.3. The summed E-state index contributed by atoms with van der Waals surface area (Å²) in [7, 11) is 3.69. The van der Waals surface area contributed by atoms with Gasteiger partial charge in [0.15, 0.2) is 0 Å². The zero-order chi connectivity index (χ0) is 27.3. The fourth-order valence-electron chi connectivity index (χ4n) is 5.08. The maximum absolute atomic E-state index is 15.3. The molecule has 0 fully saturated rings. The van der Waals surface area contributed by atoms with Crippen LogP contribution in [-0.2, 0) is 17.7 Å². The molecule has 200 valence electrons. The van der Waals surface area contributed by atoms with Crippen molar-refractivity contribution in [3.05, 3.63) is 81.5 Å². The second kappa shape index (κ2) is 9.66. The number of halogens is 2. The number of nitrogens with one attached hydrogen (secondary N) is 2. The van der Waals surface area contributed by atoms with Crippen molar-refractivity contribution in [2.75, 3.05) is 33.9 Å². The summed E-state index contributed by atoms with van der Waals surface area (Å²) < 4.78 is 43.6. The summed E-state index contributed by atoms with van der Waals surface area (Å²) in [6.45, 7) is 0.669. The van der Waals surface area contributed by atoms with E-state index in [1.807, 2.05) is 19.0 Å². The number of hydrogen-bond donors (Lipinski definition) is 2. The van der Waals surface area contributed by atoms with Crippen LogP contribution in [-0.4, -0.2) is 64.5 Å². The molecular weight excluding hydrogens is 508 g/mol. The maximum Gasteiger partial charge on any atom is 0.355 e. The third kappa shape index (κ3) is 4.24. The second-order valence-corrected chi connectivity index (χ2v) is 9.72. The molecule has 0 aliphatic carbocycles. The molecule has 0 spiro atoms. The molecule has 1 aliphatic heterocycles. The Hall–Kier alpha value is -4.51. The predicted molar refractivity (Wildman–Crippen MR) is 141 cm³/mol. The van der Waals surface area contributed by atoms with Crippen LogP contribution in [0.3, 0.4) is 0 Å². The van der Waals surface area contributed by atoms with Crippen LogP contribution in [0, 0.1) is 11.6 Å². The largest absolute Gasteiger partial charge is 0.492 e. The fraction of sp³-hybridized carbons (Fsp3) is 0.250. The number of ether oxygens (including phenoxy) is 2. The molecular formula is C28H25F2N5O4. The van der Waals surface area contributed by atoms with Crippen molar-refractivity contribution in [3.8, 4) is 16.9 Å². The number of nitrogens with zero attached hydrogens (tertiary/aromatic N) is 3. The topological polar surface area (TPSA) is 105 Å². The number of esters is 1. The number of carbonyl (C=O) groups is 1. The first kappa shape index (κ1) is 24.8. The van der Waals surface area contributed by atoms with E-state index in [0.29, 0.717) is 34.8 Å². The molecule has 0 unspecified atom stereocenters. The van der Waals surface area contributed by atoms with Crippen LogP contribution in [0.25, 0.3) is 32.9 Å². The molecule has 1 aliphatic rings. The number of pyridine rings is 1. The Bertz CT molecular complexity index is 1800. The number of benzene rings is 2. The summed E-state index contributed by atoms with van der Waals surface area (Å²) >= 11 is 0. The smallest absolute Gasteiger partial charge is 0.355 e. The molecule has 0 amide bonds. The third-order valence-corrected chi connectivity index (χ3v) is 6.94. The van der Waals surface area contributed by atoms with Gasteiger partial charge in [0.05, 0.1) is 41.3 Å². The molecule has 9 nitrogen and oxygen atoms in total. The molecule has 2 N–H and O–H groups in total. The van der Waals surface area contributed by atoms with E-state index in [4.69, 9.17) is 9.47 Å². The first-order chi connectivity index (χ1) is 18.8. The lowest BCUT2D eigenvalue weighted by Gasteiger charge is -2.14. The fourth-order valence-corrected chi connectivity index (χ4v) is 5.08. The van der Waals surface area contributed by atoms with Crippen molar-refractivity contribution in [2.45, 2.75) is 13.0 Å². The first-order valence-corrected chi connectivity index (χ1v) is 12.4. The van der Waals surface area contributed by atoms with E-state index in [2.05, 4.69) is 15.2 Å². The maximum atomic E-state index is 15.3. The van der Waals surface area contributed by atoms with E-state index in [1.165, 1.54) is 22.9 Å². The summed E-state index contributed by atoms with van der Waals surface area (Å²) in [6, 6.07) is 7.48. The Morgan fingerprint density at radius 1 is 1.23 bits per heavy atom. The van der Waals surface area contributed by atoms with Gasteiger partial charge in [-0.05, 0) is 44.4 Å². The lowest BCUT2D eigenvalue weighted by atomic mass is 10.00. The van der Waals surface area contributed by atoms with Crippen molar-refractivity contribution in [1.29, 1.82) is 0 Å². The average Bonchev–Trinajstić information content (AvgIpc) is 3.62. The standard InChI is InChI=1S/C28H25F2N5O4/c1-34(2)7-9-39-28(37)25-23(18-4-3-6-31-27(18)36)24-22(12-20(30)17-5-8-38-26(17)24)35(25)14-16-10-15-13-32-33-21(15)11-19(16)29/h3-4,6,10-13H,5,7-9,14H2,1-2H3,(H,31,36)(H,32,33). The van der Waals surface area contributed by atoms with Crippen molar-refractivity contribution >= 4 is 27.8 Å². The van der Waals surface area contributed by atoms with Crippen LogP contribution >= 0.6 is 0 Å². The van der Waals surface area contributed by atoms with Gasteiger partial charge in [-0.2, -0.15) is 5.10 Å². The third-order valence-electron chi connectivity index (χ3n) is 6.94. The predicted octanol–water partition coefficient (Wildman–Crippen LogP) is 3.85. The highest BCUT2D eigenvalue weighted by molar-refractivity contribution is 6.11. The highest BCUT2D eigenvalue weighted by Gasteiger charge is 2.33. The Balaban J connectivity index is 1.65. The van der Waals surface area contributed by atoms with Gasteiger partial charge < -0.3 is 23.9 Å². The minimum Gasteiger partial charge on any atom is -0.492 e. The number of hydrogen-bond acceptors (Lipinski definition) is 6. The molecule has 0 radical (unpaired) electrons. The molecule has 4 heterocycles. The summed E-state index contributed by atoms with van der Waals surface area (Å²) in [5.74, 6) is -1.48. The minimum atomic E-state index is -0.719. The van der Waals surface area contributed by atoms with Crippen LogP contribution in [0.5, 0.6) is 5.75 Å². The molecule has 0 saturated carbocycles. The van der Waals surface area contributed by atoms with Crippen molar-refractivity contribution in [3.63, 3.8) is 0 Å². The van der Waals surface area contributed by atoms with Crippen molar-refractivity contribution < 1.29 is 23.0 Å². The van der Waals surface area contributed by atoms with Crippen molar-refractivity contribution in [2.24, 2.45) is 0 Å². The number of H-pyrrole nitrogens is 2. The Labute approximate surface area is 220 Å². The lowest BCUT2D eigenvalue weighted by Crippen LogP contribution is -2.22. The van der Waals surface area contributed by atoms with Crippen LogP contribution < -0.4 is 10.3 Å². The quantitative estimate of drug-likeness (QED) is 0.308. The zero-order valence-corrected chi connectivity index (χ0v) is 21.3. The summed E-state index contributed by atoms with van der Waals surface area (Å²) in [5.41, 5.74) is 1.44. The van der Waals surface area contributed by atoms with Gasteiger partial charge in [0.1, 0.15) is 29.7 Å². The van der Waals surface area contributed by atoms with Gasteiger partial charge in [-0.15, -0.1) is 0 Å². The normalized spacial score (nSPS) is 12.8. The number of aromatic amines is 2. The van der Waals surface area contributed by atoms with Crippen LogP contribution in [0.4, 0.5) is 8.78 Å². The molecule has 5 aromatic rings. The molecule has 39 heavy (non-hydrogen) atoms. The van der Waals surface area contributed by atoms with E-state index in [0.717, 1.165) is 0 Å². The van der Waals surface area contributed by atoms with Gasteiger partial charge in [-0.1, -0.05) is 0 Å². The second-order valence-electron chi connectivity index (χ2n) is 9.72. The van der Waals surface area contributed by atoms with E-state index >= 15 is 8.78 Å². The van der Waals surface area contributed by atoms with Crippen LogP contribution in [0.15, 0.2) is 47.5 Å². The number of fused-ring (bicyclic) bond motifs is 4. The number of likely N-dealkylation sites (N-methyl/N-ethyl adjacent to an activating group) is 1. The van der Waals surface area contributed by atoms with E-state index in [1.54, 1.807) is 24.4 Å².